The highest BCUT2D eigenvalue weighted by molar-refractivity contribution is 7.11. The lowest BCUT2D eigenvalue weighted by atomic mass is 10.3. The molecule has 0 bridgehead atoms. The van der Waals surface area contributed by atoms with Crippen LogP contribution in [-0.4, -0.2) is 21.6 Å². The standard InChI is InChI=1S/C12H18N4S/c1-5-10-6-14-11(17-10)9(3)16-7-8(2)15-12(16)13-4/h6-7,9H,5H2,1-4H3,(H,13,15). The number of nitrogens with zero attached hydrogens (tertiary/aromatic N) is 3. The van der Waals surface area contributed by atoms with Crippen molar-refractivity contribution >= 4 is 17.3 Å². The van der Waals surface area contributed by atoms with Gasteiger partial charge in [-0.3, -0.25) is 0 Å². The maximum atomic E-state index is 4.49. The van der Waals surface area contributed by atoms with E-state index in [4.69, 9.17) is 0 Å². The molecule has 0 spiro atoms. The third-order valence-electron chi connectivity index (χ3n) is 2.77. The summed E-state index contributed by atoms with van der Waals surface area (Å²) in [7, 11) is 1.89. The molecule has 0 fully saturated rings. The van der Waals surface area contributed by atoms with Crippen molar-refractivity contribution in [2.45, 2.75) is 33.2 Å². The molecule has 2 aromatic heterocycles. The second-order valence-electron chi connectivity index (χ2n) is 4.06. The van der Waals surface area contributed by atoms with Gasteiger partial charge in [-0.15, -0.1) is 11.3 Å². The average Bonchev–Trinajstić information content (AvgIpc) is 2.93. The fourth-order valence-electron chi connectivity index (χ4n) is 1.79. The van der Waals surface area contributed by atoms with Gasteiger partial charge >= 0.3 is 0 Å². The minimum atomic E-state index is 0.226. The molecule has 4 nitrogen and oxygen atoms in total. The topological polar surface area (TPSA) is 42.7 Å². The van der Waals surface area contributed by atoms with Crippen LogP contribution in [0.15, 0.2) is 12.4 Å². The molecule has 1 N–H and O–H groups in total. The molecular weight excluding hydrogens is 232 g/mol. The molecule has 0 aliphatic heterocycles. The molecule has 0 saturated carbocycles. The van der Waals surface area contributed by atoms with Crippen LogP contribution in [0.4, 0.5) is 5.95 Å². The third-order valence-corrected chi connectivity index (χ3v) is 4.08. The van der Waals surface area contributed by atoms with Gasteiger partial charge in [-0.05, 0) is 20.3 Å². The first kappa shape index (κ1) is 12.1. The van der Waals surface area contributed by atoms with Crippen LogP contribution in [0.25, 0.3) is 0 Å². The summed E-state index contributed by atoms with van der Waals surface area (Å²) in [5.41, 5.74) is 1.02. The number of anilines is 1. The molecule has 1 atom stereocenters. The summed E-state index contributed by atoms with van der Waals surface area (Å²) in [6.45, 7) is 6.31. The summed E-state index contributed by atoms with van der Waals surface area (Å²) in [6, 6.07) is 0.226. The van der Waals surface area contributed by atoms with E-state index in [1.54, 1.807) is 11.3 Å². The zero-order chi connectivity index (χ0) is 12.4. The Morgan fingerprint density at radius 3 is 2.88 bits per heavy atom. The molecule has 2 heterocycles. The molecule has 0 aromatic carbocycles. The summed E-state index contributed by atoms with van der Waals surface area (Å²) in [5, 5.41) is 4.25. The van der Waals surface area contributed by atoms with E-state index < -0.39 is 0 Å². The Hall–Kier alpha value is -1.36. The molecule has 1 unspecified atom stereocenters. The fourth-order valence-corrected chi connectivity index (χ4v) is 2.70. The van der Waals surface area contributed by atoms with Crippen molar-refractivity contribution < 1.29 is 0 Å². The molecule has 0 aliphatic carbocycles. The van der Waals surface area contributed by atoms with E-state index in [-0.39, 0.29) is 6.04 Å². The predicted molar refractivity (Wildman–Crippen MR) is 71.8 cm³/mol. The van der Waals surface area contributed by atoms with E-state index in [2.05, 4.69) is 39.9 Å². The fraction of sp³-hybridized carbons (Fsp3) is 0.500. The third kappa shape index (κ3) is 2.34. The van der Waals surface area contributed by atoms with Crippen molar-refractivity contribution in [2.24, 2.45) is 0 Å². The molecule has 0 aliphatic rings. The summed E-state index contributed by atoms with van der Waals surface area (Å²) in [5.74, 6) is 0.892. The smallest absolute Gasteiger partial charge is 0.203 e. The van der Waals surface area contributed by atoms with E-state index in [1.807, 2.05) is 20.2 Å². The van der Waals surface area contributed by atoms with E-state index in [0.29, 0.717) is 0 Å². The average molecular weight is 250 g/mol. The van der Waals surface area contributed by atoms with Crippen LogP contribution in [0.5, 0.6) is 0 Å². The number of hydrogen-bond donors (Lipinski definition) is 1. The quantitative estimate of drug-likeness (QED) is 0.907. The Morgan fingerprint density at radius 2 is 2.29 bits per heavy atom. The second kappa shape index (κ2) is 4.87. The molecular formula is C12H18N4S. The lowest BCUT2D eigenvalue weighted by Crippen LogP contribution is -2.09. The number of hydrogen-bond acceptors (Lipinski definition) is 4. The Kier molecular flexibility index (Phi) is 3.47. The second-order valence-corrected chi connectivity index (χ2v) is 5.20. The molecule has 92 valence electrons. The highest BCUT2D eigenvalue weighted by Gasteiger charge is 2.15. The van der Waals surface area contributed by atoms with E-state index in [0.717, 1.165) is 23.1 Å². The highest BCUT2D eigenvalue weighted by Crippen LogP contribution is 2.26. The lowest BCUT2D eigenvalue weighted by Gasteiger charge is -2.13. The summed E-state index contributed by atoms with van der Waals surface area (Å²) >= 11 is 1.78. The van der Waals surface area contributed by atoms with Crippen LogP contribution in [0, 0.1) is 6.92 Å². The van der Waals surface area contributed by atoms with Crippen LogP contribution >= 0.6 is 11.3 Å². The summed E-state index contributed by atoms with van der Waals surface area (Å²) in [4.78, 5) is 10.2. The van der Waals surface area contributed by atoms with Crippen LogP contribution < -0.4 is 5.32 Å². The van der Waals surface area contributed by atoms with Gasteiger partial charge < -0.3 is 9.88 Å². The highest BCUT2D eigenvalue weighted by atomic mass is 32.1. The predicted octanol–water partition coefficient (Wildman–Crippen LogP) is 2.86. The molecule has 17 heavy (non-hydrogen) atoms. The van der Waals surface area contributed by atoms with Crippen LogP contribution in [0.2, 0.25) is 0 Å². The van der Waals surface area contributed by atoms with Crippen LogP contribution in [0.3, 0.4) is 0 Å². The van der Waals surface area contributed by atoms with E-state index >= 15 is 0 Å². The van der Waals surface area contributed by atoms with Crippen molar-refractivity contribution in [1.82, 2.24) is 14.5 Å². The first-order valence-corrected chi connectivity index (χ1v) is 6.65. The number of aromatic nitrogens is 3. The zero-order valence-electron chi connectivity index (χ0n) is 10.7. The van der Waals surface area contributed by atoms with Gasteiger partial charge in [-0.1, -0.05) is 6.92 Å². The first-order valence-electron chi connectivity index (χ1n) is 5.83. The van der Waals surface area contributed by atoms with Gasteiger partial charge in [0.1, 0.15) is 5.01 Å². The van der Waals surface area contributed by atoms with Crippen LogP contribution in [-0.2, 0) is 6.42 Å². The minimum absolute atomic E-state index is 0.226. The Labute approximate surface area is 106 Å². The monoisotopic (exact) mass is 250 g/mol. The molecule has 2 rings (SSSR count). The van der Waals surface area contributed by atoms with Gasteiger partial charge in [-0.2, -0.15) is 0 Å². The largest absolute Gasteiger partial charge is 0.359 e. The zero-order valence-corrected chi connectivity index (χ0v) is 11.5. The Bertz CT molecular complexity index is 500. The number of imidazole rings is 1. The van der Waals surface area contributed by atoms with Gasteiger partial charge in [-0.25, -0.2) is 9.97 Å². The molecule has 2 aromatic rings. The van der Waals surface area contributed by atoms with Crippen molar-refractivity contribution in [3.8, 4) is 0 Å². The number of thiazole rings is 1. The van der Waals surface area contributed by atoms with Gasteiger partial charge in [0.25, 0.3) is 0 Å². The Balaban J connectivity index is 2.32. The SMILES string of the molecule is CCc1cnc(C(C)n2cc(C)nc2NC)s1. The van der Waals surface area contributed by atoms with Crippen molar-refractivity contribution in [1.29, 1.82) is 0 Å². The normalized spacial score (nSPS) is 12.7. The molecule has 0 amide bonds. The van der Waals surface area contributed by atoms with E-state index in [9.17, 15) is 0 Å². The van der Waals surface area contributed by atoms with E-state index in [1.165, 1.54) is 4.88 Å². The van der Waals surface area contributed by atoms with Gasteiger partial charge in [0.15, 0.2) is 0 Å². The summed E-state index contributed by atoms with van der Waals surface area (Å²) in [6.07, 6.45) is 5.08. The van der Waals surface area contributed by atoms with Crippen molar-refractivity contribution in [2.75, 3.05) is 12.4 Å². The lowest BCUT2D eigenvalue weighted by molar-refractivity contribution is 0.641. The minimum Gasteiger partial charge on any atom is -0.359 e. The van der Waals surface area contributed by atoms with Crippen molar-refractivity contribution in [3.05, 3.63) is 28.0 Å². The molecule has 0 radical (unpaired) electrons. The van der Waals surface area contributed by atoms with Gasteiger partial charge in [0.2, 0.25) is 5.95 Å². The van der Waals surface area contributed by atoms with Crippen LogP contribution in [0.1, 0.15) is 35.5 Å². The number of nitrogens with one attached hydrogen (secondary N) is 1. The Morgan fingerprint density at radius 1 is 1.53 bits per heavy atom. The maximum Gasteiger partial charge on any atom is 0.203 e. The van der Waals surface area contributed by atoms with Crippen molar-refractivity contribution in [3.63, 3.8) is 0 Å². The summed E-state index contributed by atoms with van der Waals surface area (Å²) < 4.78 is 2.13. The maximum absolute atomic E-state index is 4.49. The van der Waals surface area contributed by atoms with Gasteiger partial charge in [0, 0.05) is 24.3 Å². The van der Waals surface area contributed by atoms with Gasteiger partial charge in [0.05, 0.1) is 11.7 Å². The first-order chi connectivity index (χ1) is 8.15. The molecule has 0 saturated heterocycles. The number of rotatable bonds is 4. The number of aryl methyl sites for hydroxylation is 2. The molecule has 5 heteroatoms.